The number of hydrogen-bond donors (Lipinski definition) is 1. The molecule has 0 radical (unpaired) electrons. The Balaban J connectivity index is 1.46. The Morgan fingerprint density at radius 2 is 1.83 bits per heavy atom. The van der Waals surface area contributed by atoms with Crippen LogP contribution in [0.4, 0.5) is 11.4 Å². The van der Waals surface area contributed by atoms with E-state index in [0.717, 1.165) is 39.1 Å². The van der Waals surface area contributed by atoms with E-state index in [4.69, 9.17) is 4.74 Å². The first kappa shape index (κ1) is 21.7. The number of anilines is 1. The lowest BCUT2D eigenvalue weighted by molar-refractivity contribution is -0.384. The molecule has 160 valence electrons. The smallest absolute Gasteiger partial charge is 0.273 e. The van der Waals surface area contributed by atoms with Gasteiger partial charge in [-0.3, -0.25) is 19.8 Å². The van der Waals surface area contributed by atoms with Gasteiger partial charge in [0.25, 0.3) is 5.69 Å². The predicted octanol–water partition coefficient (Wildman–Crippen LogP) is 3.14. The normalized spacial score (nSPS) is 15.4. The van der Waals surface area contributed by atoms with Gasteiger partial charge in [-0.1, -0.05) is 30.3 Å². The second-order valence-corrected chi connectivity index (χ2v) is 7.40. The molecule has 8 heteroatoms. The van der Waals surface area contributed by atoms with E-state index < -0.39 is 4.92 Å². The first-order valence-electron chi connectivity index (χ1n) is 10.2. The van der Waals surface area contributed by atoms with Gasteiger partial charge in [0.15, 0.2) is 0 Å². The second kappa shape index (κ2) is 10.7. The van der Waals surface area contributed by atoms with E-state index in [0.29, 0.717) is 18.7 Å². The standard InChI is InChI=1S/C22H28N4O4/c1-30-21-16-19(26(28)29)8-9-20(21)23-22(27)10-13-24-11-5-12-25(15-14-24)17-18-6-3-2-4-7-18/h2-4,6-9,16H,5,10-15,17H2,1H3,(H,23,27). The molecule has 1 amide bonds. The van der Waals surface area contributed by atoms with Crippen molar-refractivity contribution in [3.05, 3.63) is 64.2 Å². The number of carbonyl (C=O) groups excluding carboxylic acids is 1. The summed E-state index contributed by atoms with van der Waals surface area (Å²) in [5, 5.41) is 13.7. The maximum Gasteiger partial charge on any atom is 0.273 e. The van der Waals surface area contributed by atoms with Crippen LogP contribution in [0.1, 0.15) is 18.4 Å². The quantitative estimate of drug-likeness (QED) is 0.529. The Morgan fingerprint density at radius 3 is 2.57 bits per heavy atom. The number of non-ortho nitro benzene ring substituents is 1. The van der Waals surface area contributed by atoms with Crippen LogP contribution < -0.4 is 10.1 Å². The van der Waals surface area contributed by atoms with Crippen LogP contribution in [0.2, 0.25) is 0 Å². The molecule has 2 aromatic rings. The molecule has 1 saturated heterocycles. The molecule has 3 rings (SSSR count). The van der Waals surface area contributed by atoms with E-state index in [1.165, 1.54) is 30.9 Å². The molecule has 0 aromatic heterocycles. The van der Waals surface area contributed by atoms with Crippen molar-refractivity contribution in [2.45, 2.75) is 19.4 Å². The Hall–Kier alpha value is -2.97. The van der Waals surface area contributed by atoms with Gasteiger partial charge in [0.2, 0.25) is 5.91 Å². The largest absolute Gasteiger partial charge is 0.494 e. The van der Waals surface area contributed by atoms with E-state index in [2.05, 4.69) is 39.4 Å². The van der Waals surface area contributed by atoms with E-state index in [1.54, 1.807) is 0 Å². The van der Waals surface area contributed by atoms with Crippen molar-refractivity contribution < 1.29 is 14.5 Å². The zero-order chi connectivity index (χ0) is 21.3. The van der Waals surface area contributed by atoms with Gasteiger partial charge in [0.05, 0.1) is 23.8 Å². The molecule has 0 saturated carbocycles. The zero-order valence-corrected chi connectivity index (χ0v) is 17.3. The average Bonchev–Trinajstić information content (AvgIpc) is 2.98. The molecular weight excluding hydrogens is 384 g/mol. The van der Waals surface area contributed by atoms with Gasteiger partial charge in [-0.05, 0) is 31.1 Å². The SMILES string of the molecule is COc1cc([N+](=O)[O-])ccc1NC(=O)CCN1CCCN(Cc2ccccc2)CC1. The van der Waals surface area contributed by atoms with Gasteiger partial charge in [-0.25, -0.2) is 0 Å². The predicted molar refractivity (Wildman–Crippen MR) is 116 cm³/mol. The van der Waals surface area contributed by atoms with Crippen molar-refractivity contribution in [2.24, 2.45) is 0 Å². The number of hydrogen-bond acceptors (Lipinski definition) is 6. The first-order valence-corrected chi connectivity index (χ1v) is 10.2. The summed E-state index contributed by atoms with van der Waals surface area (Å²) in [5.74, 6) is 0.149. The maximum absolute atomic E-state index is 12.4. The van der Waals surface area contributed by atoms with Crippen LogP contribution in [0.15, 0.2) is 48.5 Å². The van der Waals surface area contributed by atoms with Gasteiger partial charge in [-0.2, -0.15) is 0 Å². The van der Waals surface area contributed by atoms with Gasteiger partial charge in [0.1, 0.15) is 5.75 Å². The number of rotatable bonds is 8. The van der Waals surface area contributed by atoms with Crippen molar-refractivity contribution >= 4 is 17.3 Å². The third-order valence-corrected chi connectivity index (χ3v) is 5.26. The number of carbonyl (C=O) groups is 1. The molecule has 1 aliphatic heterocycles. The zero-order valence-electron chi connectivity index (χ0n) is 17.3. The van der Waals surface area contributed by atoms with Gasteiger partial charge in [0, 0.05) is 38.7 Å². The van der Waals surface area contributed by atoms with Crippen LogP contribution in [0, 0.1) is 10.1 Å². The number of nitro groups is 1. The molecule has 1 heterocycles. The first-order chi connectivity index (χ1) is 14.5. The van der Waals surface area contributed by atoms with Crippen molar-refractivity contribution in [3.8, 4) is 5.75 Å². The highest BCUT2D eigenvalue weighted by Crippen LogP contribution is 2.29. The summed E-state index contributed by atoms with van der Waals surface area (Å²) in [6.45, 7) is 5.57. The van der Waals surface area contributed by atoms with Gasteiger partial charge >= 0.3 is 0 Å². The third-order valence-electron chi connectivity index (χ3n) is 5.26. The number of ether oxygens (including phenoxy) is 1. The topological polar surface area (TPSA) is 87.9 Å². The van der Waals surface area contributed by atoms with Gasteiger partial charge < -0.3 is 15.0 Å². The van der Waals surface area contributed by atoms with Gasteiger partial charge in [-0.15, -0.1) is 0 Å². The van der Waals surface area contributed by atoms with E-state index >= 15 is 0 Å². The maximum atomic E-state index is 12.4. The molecule has 30 heavy (non-hydrogen) atoms. The average molecular weight is 412 g/mol. The highest BCUT2D eigenvalue weighted by Gasteiger charge is 2.17. The summed E-state index contributed by atoms with van der Waals surface area (Å²) < 4.78 is 5.17. The van der Waals surface area contributed by atoms with Crippen LogP contribution >= 0.6 is 0 Å². The lowest BCUT2D eigenvalue weighted by atomic mass is 10.2. The molecule has 1 aliphatic rings. The Morgan fingerprint density at radius 1 is 1.10 bits per heavy atom. The van der Waals surface area contributed by atoms with Crippen LogP contribution in [-0.4, -0.2) is 60.5 Å². The van der Waals surface area contributed by atoms with Crippen LogP contribution in [0.5, 0.6) is 5.75 Å². The lowest BCUT2D eigenvalue weighted by Gasteiger charge is -2.21. The van der Waals surface area contributed by atoms with Crippen molar-refractivity contribution in [1.82, 2.24) is 9.80 Å². The molecule has 1 N–H and O–H groups in total. The Bertz CT molecular complexity index is 859. The lowest BCUT2D eigenvalue weighted by Crippen LogP contribution is -2.32. The third kappa shape index (κ3) is 6.27. The number of methoxy groups -OCH3 is 1. The van der Waals surface area contributed by atoms with E-state index in [9.17, 15) is 14.9 Å². The summed E-state index contributed by atoms with van der Waals surface area (Å²) in [5.41, 5.74) is 1.69. The number of nitro benzene ring substituents is 1. The van der Waals surface area contributed by atoms with Crippen molar-refractivity contribution in [3.63, 3.8) is 0 Å². The summed E-state index contributed by atoms with van der Waals surface area (Å²) in [6, 6.07) is 14.6. The molecule has 0 bridgehead atoms. The molecular formula is C22H28N4O4. The molecule has 2 aromatic carbocycles. The highest BCUT2D eigenvalue weighted by atomic mass is 16.6. The Labute approximate surface area is 176 Å². The molecule has 0 atom stereocenters. The number of nitrogens with one attached hydrogen (secondary N) is 1. The van der Waals surface area contributed by atoms with Crippen LogP contribution in [0.25, 0.3) is 0 Å². The molecule has 0 aliphatic carbocycles. The van der Waals surface area contributed by atoms with Crippen molar-refractivity contribution in [2.75, 3.05) is 45.2 Å². The van der Waals surface area contributed by atoms with E-state index in [1.807, 2.05) is 6.07 Å². The minimum atomic E-state index is -0.492. The summed E-state index contributed by atoms with van der Waals surface area (Å²) in [7, 11) is 1.42. The number of amides is 1. The van der Waals surface area contributed by atoms with Crippen LogP contribution in [-0.2, 0) is 11.3 Å². The number of benzene rings is 2. The number of nitrogens with zero attached hydrogens (tertiary/aromatic N) is 3. The van der Waals surface area contributed by atoms with Crippen LogP contribution in [0.3, 0.4) is 0 Å². The van der Waals surface area contributed by atoms with E-state index in [-0.39, 0.29) is 17.3 Å². The molecule has 1 fully saturated rings. The fourth-order valence-corrected chi connectivity index (χ4v) is 3.62. The summed E-state index contributed by atoms with van der Waals surface area (Å²) in [4.78, 5) is 27.6. The summed E-state index contributed by atoms with van der Waals surface area (Å²) in [6.07, 6.45) is 1.43. The summed E-state index contributed by atoms with van der Waals surface area (Å²) >= 11 is 0. The highest BCUT2D eigenvalue weighted by molar-refractivity contribution is 5.92. The fraction of sp³-hybridized carbons (Fsp3) is 0.409. The fourth-order valence-electron chi connectivity index (χ4n) is 3.62. The Kier molecular flexibility index (Phi) is 7.75. The minimum absolute atomic E-state index is 0.0746. The molecule has 0 unspecified atom stereocenters. The minimum Gasteiger partial charge on any atom is -0.494 e. The van der Waals surface area contributed by atoms with Crippen molar-refractivity contribution in [1.29, 1.82) is 0 Å². The molecule has 0 spiro atoms. The second-order valence-electron chi connectivity index (χ2n) is 7.40. The molecule has 8 nitrogen and oxygen atoms in total. The monoisotopic (exact) mass is 412 g/mol.